The lowest BCUT2D eigenvalue weighted by Gasteiger charge is -2.43. The molecule has 1 amide bonds. The quantitative estimate of drug-likeness (QED) is 0.928. The van der Waals surface area contributed by atoms with Crippen LogP contribution in [0.15, 0.2) is 24.3 Å². The molecule has 0 saturated carbocycles. The van der Waals surface area contributed by atoms with Crippen LogP contribution in [-0.2, 0) is 4.79 Å². The van der Waals surface area contributed by atoms with Crippen LogP contribution in [0.5, 0.6) is 5.75 Å². The van der Waals surface area contributed by atoms with Crippen LogP contribution in [-0.4, -0.2) is 41.6 Å². The summed E-state index contributed by atoms with van der Waals surface area (Å²) in [7, 11) is 0. The molecule has 1 N–H and O–H groups in total. The summed E-state index contributed by atoms with van der Waals surface area (Å²) in [5.74, 6) is -0.0797. The van der Waals surface area contributed by atoms with Crippen molar-refractivity contribution in [2.45, 2.75) is 27.2 Å². The Morgan fingerprint density at radius 3 is 2.77 bits per heavy atom. The highest BCUT2D eigenvalue weighted by Crippen LogP contribution is 2.34. The van der Waals surface area contributed by atoms with Crippen LogP contribution in [0.4, 0.5) is 0 Å². The van der Waals surface area contributed by atoms with Crippen LogP contribution in [0.2, 0.25) is 0 Å². The molecule has 0 radical (unpaired) electrons. The summed E-state index contributed by atoms with van der Waals surface area (Å²) >= 11 is 0. The maximum atomic E-state index is 12.6. The van der Waals surface area contributed by atoms with Crippen LogP contribution in [0.3, 0.4) is 0 Å². The van der Waals surface area contributed by atoms with Gasteiger partial charge in [-0.25, -0.2) is 4.79 Å². The number of carbonyl (C=O) groups is 2. The number of ether oxygens (including phenoxy) is 1. The third kappa shape index (κ3) is 3.78. The van der Waals surface area contributed by atoms with E-state index in [1.807, 2.05) is 4.90 Å². The number of benzene rings is 1. The second-order valence-electron chi connectivity index (χ2n) is 6.62. The van der Waals surface area contributed by atoms with E-state index in [1.54, 1.807) is 24.3 Å². The molecule has 1 unspecified atom stereocenters. The molecule has 5 heteroatoms. The third-order valence-corrected chi connectivity index (χ3v) is 4.49. The van der Waals surface area contributed by atoms with Crippen molar-refractivity contribution in [3.05, 3.63) is 29.8 Å². The molecule has 1 fully saturated rings. The lowest BCUT2D eigenvalue weighted by atomic mass is 9.75. The molecule has 120 valence electrons. The first kappa shape index (κ1) is 16.3. The van der Waals surface area contributed by atoms with Crippen molar-refractivity contribution in [2.24, 2.45) is 11.3 Å². The van der Waals surface area contributed by atoms with E-state index in [0.717, 1.165) is 19.5 Å². The fraction of sp³-hybridized carbons (Fsp3) is 0.529. The fourth-order valence-corrected chi connectivity index (χ4v) is 2.69. The Morgan fingerprint density at radius 2 is 2.14 bits per heavy atom. The molecule has 1 heterocycles. The molecule has 1 atom stereocenters. The number of carboxylic acids is 1. The fourth-order valence-electron chi connectivity index (χ4n) is 2.69. The van der Waals surface area contributed by atoms with Crippen molar-refractivity contribution in [3.63, 3.8) is 0 Å². The lowest BCUT2D eigenvalue weighted by molar-refractivity contribution is -0.139. The maximum Gasteiger partial charge on any atom is 0.341 e. The second kappa shape index (κ2) is 6.38. The Balaban J connectivity index is 2.09. The predicted molar refractivity (Wildman–Crippen MR) is 83.0 cm³/mol. The molecule has 1 aliphatic rings. The van der Waals surface area contributed by atoms with E-state index >= 15 is 0 Å². The van der Waals surface area contributed by atoms with Crippen molar-refractivity contribution >= 4 is 11.9 Å². The third-order valence-electron chi connectivity index (χ3n) is 4.49. The van der Waals surface area contributed by atoms with Gasteiger partial charge in [-0.05, 0) is 36.0 Å². The van der Waals surface area contributed by atoms with Gasteiger partial charge < -0.3 is 14.7 Å². The number of hydrogen-bond donors (Lipinski definition) is 1. The number of nitrogens with zero attached hydrogens (tertiary/aromatic N) is 1. The zero-order chi connectivity index (χ0) is 16.3. The Hall–Kier alpha value is -2.04. The summed E-state index contributed by atoms with van der Waals surface area (Å²) in [6.07, 6.45) is 0.994. The number of amides is 1. The topological polar surface area (TPSA) is 66.8 Å². The number of carbonyl (C=O) groups excluding carboxylic acids is 1. The van der Waals surface area contributed by atoms with E-state index in [1.165, 1.54) is 0 Å². The molecule has 1 aromatic rings. The van der Waals surface area contributed by atoms with Crippen LogP contribution < -0.4 is 4.74 Å². The highest BCUT2D eigenvalue weighted by Gasteiger charge is 2.35. The minimum absolute atomic E-state index is 0.0271. The van der Waals surface area contributed by atoms with Crippen molar-refractivity contribution in [1.29, 1.82) is 0 Å². The first-order valence-electron chi connectivity index (χ1n) is 7.53. The summed E-state index contributed by atoms with van der Waals surface area (Å²) in [5, 5.41) is 8.64. The maximum absolute atomic E-state index is 12.6. The Morgan fingerprint density at radius 1 is 1.41 bits per heavy atom. The molecule has 1 aliphatic heterocycles. The van der Waals surface area contributed by atoms with E-state index in [-0.39, 0.29) is 11.3 Å². The van der Waals surface area contributed by atoms with Gasteiger partial charge in [0.25, 0.3) is 5.91 Å². The van der Waals surface area contributed by atoms with Crippen LogP contribution >= 0.6 is 0 Å². The summed E-state index contributed by atoms with van der Waals surface area (Å²) < 4.78 is 5.13. The van der Waals surface area contributed by atoms with Crippen molar-refractivity contribution in [1.82, 2.24) is 4.90 Å². The van der Waals surface area contributed by atoms with Gasteiger partial charge in [-0.3, -0.25) is 4.79 Å². The molecule has 22 heavy (non-hydrogen) atoms. The Bertz CT molecular complexity index is 568. The summed E-state index contributed by atoms with van der Waals surface area (Å²) in [6, 6.07) is 6.71. The summed E-state index contributed by atoms with van der Waals surface area (Å²) in [4.78, 5) is 25.1. The van der Waals surface area contributed by atoms with Crippen molar-refractivity contribution in [2.75, 3.05) is 19.7 Å². The number of aliphatic carboxylic acids is 1. The predicted octanol–water partition coefficient (Wildman–Crippen LogP) is 2.66. The normalized spacial score (nSPS) is 20.5. The van der Waals surface area contributed by atoms with E-state index in [4.69, 9.17) is 9.84 Å². The monoisotopic (exact) mass is 305 g/mol. The molecule has 5 nitrogen and oxygen atoms in total. The van der Waals surface area contributed by atoms with Crippen molar-refractivity contribution < 1.29 is 19.4 Å². The molecular formula is C17H23NO4. The van der Waals surface area contributed by atoms with Gasteiger partial charge >= 0.3 is 5.97 Å². The first-order valence-corrected chi connectivity index (χ1v) is 7.53. The van der Waals surface area contributed by atoms with Crippen molar-refractivity contribution in [3.8, 4) is 5.75 Å². The van der Waals surface area contributed by atoms with E-state index in [9.17, 15) is 9.59 Å². The number of hydrogen-bond acceptors (Lipinski definition) is 3. The molecule has 2 rings (SSSR count). The van der Waals surface area contributed by atoms with Crippen LogP contribution in [0, 0.1) is 11.3 Å². The largest absolute Gasteiger partial charge is 0.482 e. The second-order valence-corrected chi connectivity index (χ2v) is 6.62. The van der Waals surface area contributed by atoms with Gasteiger partial charge in [-0.2, -0.15) is 0 Å². The molecule has 0 spiro atoms. The smallest absolute Gasteiger partial charge is 0.341 e. The molecule has 0 aliphatic carbocycles. The van der Waals surface area contributed by atoms with Gasteiger partial charge in [0.15, 0.2) is 6.61 Å². The van der Waals surface area contributed by atoms with Gasteiger partial charge in [0.1, 0.15) is 5.75 Å². The highest BCUT2D eigenvalue weighted by atomic mass is 16.5. The SMILES string of the molecule is CC1CCN(C(=O)c2cccc(OCC(=O)O)c2)CC1(C)C. The van der Waals surface area contributed by atoms with Gasteiger partial charge in [-0.15, -0.1) is 0 Å². The summed E-state index contributed by atoms with van der Waals surface area (Å²) in [5.41, 5.74) is 0.638. The number of piperidine rings is 1. The van der Waals surface area contributed by atoms with Crippen LogP contribution in [0.1, 0.15) is 37.6 Å². The average Bonchev–Trinajstić information content (AvgIpc) is 2.47. The van der Waals surface area contributed by atoms with Gasteiger partial charge in [-0.1, -0.05) is 26.8 Å². The zero-order valence-electron chi connectivity index (χ0n) is 13.3. The van der Waals surface area contributed by atoms with Gasteiger partial charge in [0, 0.05) is 18.7 Å². The standard InChI is InChI=1S/C17H23NO4/c1-12-7-8-18(11-17(12,2)3)16(21)13-5-4-6-14(9-13)22-10-15(19)20/h4-6,9,12H,7-8,10-11H2,1-3H3,(H,19,20). The number of likely N-dealkylation sites (tertiary alicyclic amines) is 1. The van der Waals surface area contributed by atoms with E-state index in [0.29, 0.717) is 17.2 Å². The minimum atomic E-state index is -1.04. The Kier molecular flexibility index (Phi) is 4.74. The summed E-state index contributed by atoms with van der Waals surface area (Å²) in [6.45, 7) is 7.66. The van der Waals surface area contributed by atoms with E-state index < -0.39 is 12.6 Å². The zero-order valence-corrected chi connectivity index (χ0v) is 13.3. The molecular weight excluding hydrogens is 282 g/mol. The van der Waals surface area contributed by atoms with Crippen LogP contribution in [0.25, 0.3) is 0 Å². The molecule has 1 saturated heterocycles. The number of carboxylic acid groups (broad SMARTS) is 1. The molecule has 1 aromatic carbocycles. The highest BCUT2D eigenvalue weighted by molar-refractivity contribution is 5.94. The average molecular weight is 305 g/mol. The minimum Gasteiger partial charge on any atom is -0.482 e. The molecule has 0 bridgehead atoms. The first-order chi connectivity index (χ1) is 10.3. The van der Waals surface area contributed by atoms with Gasteiger partial charge in [0.05, 0.1) is 0 Å². The van der Waals surface area contributed by atoms with Gasteiger partial charge in [0.2, 0.25) is 0 Å². The number of rotatable bonds is 4. The molecule has 0 aromatic heterocycles. The Labute approximate surface area is 130 Å². The van der Waals surface area contributed by atoms with E-state index in [2.05, 4.69) is 20.8 Å². The lowest BCUT2D eigenvalue weighted by Crippen LogP contribution is -2.47.